The van der Waals surface area contributed by atoms with Gasteiger partial charge in [-0.05, 0) is 30.5 Å². The third kappa shape index (κ3) is 3.81. The van der Waals surface area contributed by atoms with Gasteiger partial charge in [0.25, 0.3) is 5.91 Å². The van der Waals surface area contributed by atoms with E-state index in [0.717, 1.165) is 10.4 Å². The highest BCUT2D eigenvalue weighted by atomic mass is 32.1. The van der Waals surface area contributed by atoms with E-state index in [4.69, 9.17) is 14.2 Å². The SMILES string of the molecule is COc1cc(C(=O)NN=Cc2ccsc2C)cc(OC)c1OC. The second kappa shape index (κ2) is 7.64. The molecule has 1 heterocycles. The summed E-state index contributed by atoms with van der Waals surface area (Å²) in [6, 6.07) is 5.08. The number of rotatable bonds is 6. The molecule has 0 spiro atoms. The van der Waals surface area contributed by atoms with Crippen molar-refractivity contribution in [1.82, 2.24) is 5.43 Å². The van der Waals surface area contributed by atoms with Gasteiger partial charge in [-0.3, -0.25) is 4.79 Å². The summed E-state index contributed by atoms with van der Waals surface area (Å²) in [5.74, 6) is 0.890. The second-order valence-corrected chi connectivity index (χ2v) is 5.67. The third-order valence-electron chi connectivity index (χ3n) is 3.20. The van der Waals surface area contributed by atoms with Crippen molar-refractivity contribution in [3.8, 4) is 17.2 Å². The molecular formula is C16H18N2O4S. The van der Waals surface area contributed by atoms with Gasteiger partial charge in [0.2, 0.25) is 5.75 Å². The number of benzene rings is 1. The molecule has 0 radical (unpaired) electrons. The summed E-state index contributed by atoms with van der Waals surface area (Å²) in [4.78, 5) is 13.4. The summed E-state index contributed by atoms with van der Waals surface area (Å²) in [7, 11) is 4.50. The number of carbonyl (C=O) groups excluding carboxylic acids is 1. The van der Waals surface area contributed by atoms with Gasteiger partial charge in [0, 0.05) is 16.0 Å². The number of carbonyl (C=O) groups is 1. The van der Waals surface area contributed by atoms with Crippen LogP contribution in [0.2, 0.25) is 0 Å². The Bertz CT molecular complexity index is 700. The van der Waals surface area contributed by atoms with Crippen molar-refractivity contribution in [2.45, 2.75) is 6.92 Å². The normalized spacial score (nSPS) is 10.6. The number of aryl methyl sites for hydroxylation is 1. The highest BCUT2D eigenvalue weighted by Crippen LogP contribution is 2.38. The van der Waals surface area contributed by atoms with Crippen LogP contribution in [-0.4, -0.2) is 33.5 Å². The number of methoxy groups -OCH3 is 3. The highest BCUT2D eigenvalue weighted by Gasteiger charge is 2.16. The predicted octanol–water partition coefficient (Wildman–Crippen LogP) is 2.85. The minimum Gasteiger partial charge on any atom is -0.493 e. The fourth-order valence-electron chi connectivity index (χ4n) is 1.97. The molecule has 0 aliphatic rings. The lowest BCUT2D eigenvalue weighted by atomic mass is 10.1. The van der Waals surface area contributed by atoms with E-state index in [9.17, 15) is 4.79 Å². The number of amides is 1. The average molecular weight is 334 g/mol. The number of thiophene rings is 1. The van der Waals surface area contributed by atoms with Crippen LogP contribution < -0.4 is 19.6 Å². The maximum atomic E-state index is 12.2. The van der Waals surface area contributed by atoms with Gasteiger partial charge in [0.05, 0.1) is 27.5 Å². The highest BCUT2D eigenvalue weighted by molar-refractivity contribution is 7.10. The molecule has 1 aromatic carbocycles. The Kier molecular flexibility index (Phi) is 5.59. The molecule has 0 atom stereocenters. The lowest BCUT2D eigenvalue weighted by molar-refractivity contribution is 0.0954. The van der Waals surface area contributed by atoms with E-state index in [1.165, 1.54) is 21.3 Å². The van der Waals surface area contributed by atoms with Gasteiger partial charge in [-0.25, -0.2) is 5.43 Å². The molecule has 0 bridgehead atoms. The van der Waals surface area contributed by atoms with Crippen molar-refractivity contribution in [2.75, 3.05) is 21.3 Å². The maximum absolute atomic E-state index is 12.2. The number of hydrogen-bond donors (Lipinski definition) is 1. The van der Waals surface area contributed by atoms with Gasteiger partial charge < -0.3 is 14.2 Å². The molecule has 1 N–H and O–H groups in total. The number of hydrogen-bond acceptors (Lipinski definition) is 6. The zero-order valence-electron chi connectivity index (χ0n) is 13.4. The van der Waals surface area contributed by atoms with Crippen LogP contribution >= 0.6 is 11.3 Å². The van der Waals surface area contributed by atoms with Gasteiger partial charge in [-0.1, -0.05) is 0 Å². The maximum Gasteiger partial charge on any atom is 0.271 e. The summed E-state index contributed by atoms with van der Waals surface area (Å²) >= 11 is 1.62. The Balaban J connectivity index is 2.19. The van der Waals surface area contributed by atoms with E-state index in [2.05, 4.69) is 10.5 Å². The topological polar surface area (TPSA) is 69.2 Å². The van der Waals surface area contributed by atoms with Crippen molar-refractivity contribution in [2.24, 2.45) is 5.10 Å². The Hall–Kier alpha value is -2.54. The first-order chi connectivity index (χ1) is 11.1. The first kappa shape index (κ1) is 16.8. The fourth-order valence-corrected chi connectivity index (χ4v) is 2.64. The van der Waals surface area contributed by atoms with E-state index >= 15 is 0 Å². The molecule has 2 rings (SSSR count). The van der Waals surface area contributed by atoms with Crippen LogP contribution in [0.3, 0.4) is 0 Å². The van der Waals surface area contributed by atoms with Crippen LogP contribution in [0, 0.1) is 6.92 Å². The third-order valence-corrected chi connectivity index (χ3v) is 4.06. The molecule has 0 saturated carbocycles. The van der Waals surface area contributed by atoms with Gasteiger partial charge in [-0.2, -0.15) is 5.10 Å². The largest absolute Gasteiger partial charge is 0.493 e. The zero-order valence-corrected chi connectivity index (χ0v) is 14.2. The molecule has 0 saturated heterocycles. The van der Waals surface area contributed by atoms with E-state index in [-0.39, 0.29) is 5.91 Å². The molecule has 1 aromatic heterocycles. The summed E-state index contributed by atoms with van der Waals surface area (Å²) in [6.45, 7) is 1.99. The van der Waals surface area contributed by atoms with Crippen LogP contribution in [0.25, 0.3) is 0 Å². The van der Waals surface area contributed by atoms with E-state index in [0.29, 0.717) is 22.8 Å². The van der Waals surface area contributed by atoms with Crippen molar-refractivity contribution in [3.05, 3.63) is 39.6 Å². The lowest BCUT2D eigenvalue weighted by Crippen LogP contribution is -2.18. The Morgan fingerprint density at radius 3 is 2.30 bits per heavy atom. The fraction of sp³-hybridized carbons (Fsp3) is 0.250. The molecule has 0 aliphatic carbocycles. The zero-order chi connectivity index (χ0) is 16.8. The molecular weight excluding hydrogens is 316 g/mol. The van der Waals surface area contributed by atoms with Gasteiger partial charge >= 0.3 is 0 Å². The second-order valence-electron chi connectivity index (χ2n) is 4.55. The Labute approximate surface area is 138 Å². The molecule has 7 heteroatoms. The average Bonchev–Trinajstić information content (AvgIpc) is 2.98. The lowest BCUT2D eigenvalue weighted by Gasteiger charge is -2.13. The first-order valence-corrected chi connectivity index (χ1v) is 7.66. The predicted molar refractivity (Wildman–Crippen MR) is 90.2 cm³/mol. The molecule has 122 valence electrons. The monoisotopic (exact) mass is 334 g/mol. The van der Waals surface area contributed by atoms with Crippen LogP contribution in [-0.2, 0) is 0 Å². The summed E-state index contributed by atoms with van der Waals surface area (Å²) in [6.07, 6.45) is 1.61. The molecule has 0 aliphatic heterocycles. The number of nitrogens with zero attached hydrogens (tertiary/aromatic N) is 1. The van der Waals surface area contributed by atoms with Gasteiger partial charge in [-0.15, -0.1) is 11.3 Å². The molecule has 1 amide bonds. The molecule has 6 nitrogen and oxygen atoms in total. The van der Waals surface area contributed by atoms with Crippen LogP contribution in [0.5, 0.6) is 17.2 Å². The van der Waals surface area contributed by atoms with Gasteiger partial charge in [0.1, 0.15) is 0 Å². The van der Waals surface area contributed by atoms with E-state index < -0.39 is 0 Å². The molecule has 23 heavy (non-hydrogen) atoms. The first-order valence-electron chi connectivity index (χ1n) is 6.78. The molecule has 0 fully saturated rings. The van der Waals surface area contributed by atoms with Crippen molar-refractivity contribution in [1.29, 1.82) is 0 Å². The minimum absolute atomic E-state index is 0.360. The minimum atomic E-state index is -0.367. The van der Waals surface area contributed by atoms with Crippen LogP contribution in [0.4, 0.5) is 0 Å². The van der Waals surface area contributed by atoms with Crippen molar-refractivity contribution >= 4 is 23.5 Å². The van der Waals surface area contributed by atoms with E-state index in [1.807, 2.05) is 18.4 Å². The molecule has 0 unspecified atom stereocenters. The van der Waals surface area contributed by atoms with Crippen LogP contribution in [0.15, 0.2) is 28.7 Å². The number of nitrogens with one attached hydrogen (secondary N) is 1. The smallest absolute Gasteiger partial charge is 0.271 e. The van der Waals surface area contributed by atoms with E-state index in [1.54, 1.807) is 29.7 Å². The van der Waals surface area contributed by atoms with Crippen LogP contribution in [0.1, 0.15) is 20.8 Å². The Morgan fingerprint density at radius 1 is 1.17 bits per heavy atom. The Morgan fingerprint density at radius 2 is 1.83 bits per heavy atom. The van der Waals surface area contributed by atoms with Gasteiger partial charge in [0.15, 0.2) is 11.5 Å². The summed E-state index contributed by atoms with van der Waals surface area (Å²) in [5.41, 5.74) is 3.82. The summed E-state index contributed by atoms with van der Waals surface area (Å²) < 4.78 is 15.7. The number of ether oxygens (including phenoxy) is 3. The quantitative estimate of drug-likeness (QED) is 0.651. The molecule has 2 aromatic rings. The standard InChI is InChI=1S/C16H18N2O4S/c1-10-11(5-6-23-10)9-17-18-16(19)12-7-13(20-2)15(22-4)14(8-12)21-3/h5-9H,1-4H3,(H,18,19). The van der Waals surface area contributed by atoms with Crippen molar-refractivity contribution in [3.63, 3.8) is 0 Å². The summed E-state index contributed by atoms with van der Waals surface area (Å²) in [5, 5.41) is 5.94. The number of hydrazone groups is 1. The van der Waals surface area contributed by atoms with Crippen molar-refractivity contribution < 1.29 is 19.0 Å².